The molecule has 0 aromatic heterocycles. The minimum atomic E-state index is -0.135. The first-order chi connectivity index (χ1) is 11.8. The zero-order valence-electron chi connectivity index (χ0n) is 14.9. The Morgan fingerprint density at radius 1 is 1.08 bits per heavy atom. The lowest BCUT2D eigenvalue weighted by molar-refractivity contribution is 0.0194. The third-order valence-electron chi connectivity index (χ3n) is 5.54. The molecule has 0 saturated carbocycles. The minimum Gasteiger partial charge on any atom is -0.379 e. The average molecular weight is 334 g/mol. The van der Waals surface area contributed by atoms with E-state index in [1.165, 1.54) is 44.5 Å². The number of hydrogen-bond acceptors (Lipinski definition) is 3. The van der Waals surface area contributed by atoms with Crippen LogP contribution in [0.1, 0.15) is 37.7 Å². The van der Waals surface area contributed by atoms with Crippen LogP contribution in [0.4, 0.5) is 4.39 Å². The summed E-state index contributed by atoms with van der Waals surface area (Å²) in [5.41, 5.74) is 1.31. The maximum absolute atomic E-state index is 13.3. The van der Waals surface area contributed by atoms with Crippen molar-refractivity contribution < 1.29 is 9.13 Å². The highest BCUT2D eigenvalue weighted by molar-refractivity contribution is 5.22. The Morgan fingerprint density at radius 3 is 2.54 bits per heavy atom. The fourth-order valence-electron chi connectivity index (χ4n) is 4.14. The van der Waals surface area contributed by atoms with Crippen molar-refractivity contribution in [2.75, 3.05) is 52.5 Å². The molecule has 3 rings (SSSR count). The molecule has 0 N–H and O–H groups in total. The van der Waals surface area contributed by atoms with Crippen molar-refractivity contribution in [1.82, 2.24) is 9.80 Å². The van der Waals surface area contributed by atoms with Crippen molar-refractivity contribution in [3.05, 3.63) is 35.6 Å². The van der Waals surface area contributed by atoms with Crippen molar-refractivity contribution in [3.8, 4) is 0 Å². The summed E-state index contributed by atoms with van der Waals surface area (Å²) in [6, 6.07) is 7.22. The third kappa shape index (κ3) is 4.78. The lowest BCUT2D eigenvalue weighted by Gasteiger charge is -2.42. The van der Waals surface area contributed by atoms with Crippen molar-refractivity contribution in [2.45, 2.75) is 32.1 Å². The monoisotopic (exact) mass is 334 g/mol. The van der Waals surface area contributed by atoms with Crippen LogP contribution in [0.3, 0.4) is 0 Å². The predicted octanol–water partition coefficient (Wildman–Crippen LogP) is 3.36. The molecule has 2 atom stereocenters. The van der Waals surface area contributed by atoms with Crippen molar-refractivity contribution >= 4 is 0 Å². The molecule has 134 valence electrons. The number of hydrogen-bond donors (Lipinski definition) is 0. The Labute approximate surface area is 145 Å². The number of ether oxygens (including phenoxy) is 1. The van der Waals surface area contributed by atoms with E-state index in [4.69, 9.17) is 4.74 Å². The minimum absolute atomic E-state index is 0.135. The summed E-state index contributed by atoms with van der Waals surface area (Å²) in [5, 5.41) is 0. The quantitative estimate of drug-likeness (QED) is 0.793. The SMILES string of the molecule is CCCCN1CC[C@H](c2ccc(F)cc2)[C@@H](CN2CCOCC2)C1. The van der Waals surface area contributed by atoms with Crippen LogP contribution >= 0.6 is 0 Å². The maximum atomic E-state index is 13.3. The molecule has 2 fully saturated rings. The second kappa shape index (κ2) is 8.93. The van der Waals surface area contributed by atoms with Crippen LogP contribution in [0, 0.1) is 11.7 Å². The molecule has 0 amide bonds. The molecule has 1 aromatic carbocycles. The van der Waals surface area contributed by atoms with E-state index in [2.05, 4.69) is 16.7 Å². The number of halogens is 1. The van der Waals surface area contributed by atoms with Crippen LogP contribution in [0.5, 0.6) is 0 Å². The second-order valence-electron chi connectivity index (χ2n) is 7.27. The molecule has 0 bridgehead atoms. The lowest BCUT2D eigenvalue weighted by Crippen LogP contribution is -2.47. The summed E-state index contributed by atoms with van der Waals surface area (Å²) in [4.78, 5) is 5.18. The fourth-order valence-corrected chi connectivity index (χ4v) is 4.14. The van der Waals surface area contributed by atoms with Gasteiger partial charge in [-0.15, -0.1) is 0 Å². The maximum Gasteiger partial charge on any atom is 0.123 e. The first-order valence-corrected chi connectivity index (χ1v) is 9.54. The van der Waals surface area contributed by atoms with E-state index in [-0.39, 0.29) is 5.82 Å². The van der Waals surface area contributed by atoms with Crippen molar-refractivity contribution in [3.63, 3.8) is 0 Å². The fraction of sp³-hybridized carbons (Fsp3) is 0.700. The summed E-state index contributed by atoms with van der Waals surface area (Å²) in [5.74, 6) is 1.04. The molecule has 0 radical (unpaired) electrons. The van der Waals surface area contributed by atoms with Gasteiger partial charge in [-0.2, -0.15) is 0 Å². The molecular formula is C20H31FN2O. The van der Waals surface area contributed by atoms with Crippen molar-refractivity contribution in [1.29, 1.82) is 0 Å². The van der Waals surface area contributed by atoms with Gasteiger partial charge in [0.15, 0.2) is 0 Å². The first kappa shape index (κ1) is 17.8. The van der Waals surface area contributed by atoms with E-state index >= 15 is 0 Å². The van der Waals surface area contributed by atoms with E-state index in [9.17, 15) is 4.39 Å². The summed E-state index contributed by atoms with van der Waals surface area (Å²) in [7, 11) is 0. The van der Waals surface area contributed by atoms with Gasteiger partial charge >= 0.3 is 0 Å². The second-order valence-corrected chi connectivity index (χ2v) is 7.27. The molecule has 0 unspecified atom stereocenters. The number of likely N-dealkylation sites (tertiary alicyclic amines) is 1. The summed E-state index contributed by atoms with van der Waals surface area (Å²) in [6.45, 7) is 10.7. The number of nitrogens with zero attached hydrogens (tertiary/aromatic N) is 2. The molecule has 4 heteroatoms. The Kier molecular flexibility index (Phi) is 6.64. The largest absolute Gasteiger partial charge is 0.379 e. The molecule has 2 aliphatic heterocycles. The van der Waals surface area contributed by atoms with Gasteiger partial charge in [0.1, 0.15) is 5.82 Å². The molecule has 2 heterocycles. The molecule has 2 aliphatic rings. The van der Waals surface area contributed by atoms with Crippen molar-refractivity contribution in [2.24, 2.45) is 5.92 Å². The average Bonchev–Trinajstić information content (AvgIpc) is 2.62. The summed E-state index contributed by atoms with van der Waals surface area (Å²) in [6.07, 6.45) is 3.72. The molecule has 3 nitrogen and oxygen atoms in total. The van der Waals surface area contributed by atoms with Gasteiger partial charge in [0.2, 0.25) is 0 Å². The molecule has 2 saturated heterocycles. The highest BCUT2D eigenvalue weighted by Gasteiger charge is 2.31. The van der Waals surface area contributed by atoms with E-state index in [1.807, 2.05) is 12.1 Å². The Bertz CT molecular complexity index is 487. The molecule has 24 heavy (non-hydrogen) atoms. The normalized spacial score (nSPS) is 26.6. The van der Waals surface area contributed by atoms with E-state index in [0.717, 1.165) is 32.8 Å². The summed E-state index contributed by atoms with van der Waals surface area (Å²) >= 11 is 0. The predicted molar refractivity (Wildman–Crippen MR) is 95.9 cm³/mol. The highest BCUT2D eigenvalue weighted by atomic mass is 19.1. The topological polar surface area (TPSA) is 15.7 Å². The van der Waals surface area contributed by atoms with E-state index in [0.29, 0.717) is 11.8 Å². The van der Waals surface area contributed by atoms with Gasteiger partial charge in [0.25, 0.3) is 0 Å². The Hall–Kier alpha value is -0.970. The van der Waals surface area contributed by atoms with Crippen LogP contribution in [0.25, 0.3) is 0 Å². The zero-order valence-corrected chi connectivity index (χ0v) is 14.9. The number of morpholine rings is 1. The first-order valence-electron chi connectivity index (χ1n) is 9.54. The molecular weight excluding hydrogens is 303 g/mol. The van der Waals surface area contributed by atoms with Crippen LogP contribution in [-0.2, 0) is 4.74 Å². The van der Waals surface area contributed by atoms with Crippen LogP contribution < -0.4 is 0 Å². The Morgan fingerprint density at radius 2 is 1.83 bits per heavy atom. The highest BCUT2D eigenvalue weighted by Crippen LogP contribution is 2.34. The lowest BCUT2D eigenvalue weighted by atomic mass is 9.80. The van der Waals surface area contributed by atoms with Crippen LogP contribution in [0.15, 0.2) is 24.3 Å². The standard InChI is InChI=1S/C20H31FN2O/c1-2-3-9-22-10-8-20(17-4-6-19(21)7-5-17)18(15-22)16-23-11-13-24-14-12-23/h4-7,18,20H,2-3,8-16H2,1H3/t18-,20-/m1/s1. The zero-order chi connectivity index (χ0) is 16.8. The van der Waals surface area contributed by atoms with Crippen LogP contribution in [0.2, 0.25) is 0 Å². The van der Waals surface area contributed by atoms with Crippen LogP contribution in [-0.4, -0.2) is 62.3 Å². The van der Waals surface area contributed by atoms with Gasteiger partial charge in [0, 0.05) is 26.2 Å². The Balaban J connectivity index is 1.68. The van der Waals surface area contributed by atoms with Gasteiger partial charge in [-0.25, -0.2) is 4.39 Å². The van der Waals surface area contributed by atoms with Gasteiger partial charge < -0.3 is 9.64 Å². The molecule has 0 aliphatic carbocycles. The number of rotatable bonds is 6. The van der Waals surface area contributed by atoms with Gasteiger partial charge in [0.05, 0.1) is 13.2 Å². The molecule has 0 spiro atoms. The smallest absolute Gasteiger partial charge is 0.123 e. The van der Waals surface area contributed by atoms with E-state index in [1.54, 1.807) is 12.1 Å². The number of unbranched alkanes of at least 4 members (excludes halogenated alkanes) is 1. The van der Waals surface area contributed by atoms with Gasteiger partial charge in [-0.05, 0) is 55.5 Å². The number of benzene rings is 1. The van der Waals surface area contributed by atoms with E-state index < -0.39 is 0 Å². The number of piperidine rings is 1. The van der Waals surface area contributed by atoms with Gasteiger partial charge in [-0.3, -0.25) is 4.90 Å². The molecule has 1 aromatic rings. The van der Waals surface area contributed by atoms with Gasteiger partial charge in [-0.1, -0.05) is 25.5 Å². The third-order valence-corrected chi connectivity index (χ3v) is 5.54. The summed E-state index contributed by atoms with van der Waals surface area (Å²) < 4.78 is 18.8.